The van der Waals surface area contributed by atoms with Crippen molar-refractivity contribution in [2.24, 2.45) is 0 Å². The highest BCUT2D eigenvalue weighted by Gasteiger charge is 2.16. The molecule has 1 aromatic heterocycles. The number of hydrogen-bond donors (Lipinski definition) is 1. The van der Waals surface area contributed by atoms with Crippen LogP contribution in [-0.2, 0) is 11.3 Å². The summed E-state index contributed by atoms with van der Waals surface area (Å²) in [5.41, 5.74) is 3.22. The molecule has 130 valence electrons. The first-order valence-corrected chi connectivity index (χ1v) is 8.48. The minimum absolute atomic E-state index is 0.200. The summed E-state index contributed by atoms with van der Waals surface area (Å²) in [6.07, 6.45) is 2.37. The normalized spacial score (nSPS) is 16.4. The van der Waals surface area contributed by atoms with Gasteiger partial charge in [0.15, 0.2) is 5.82 Å². The summed E-state index contributed by atoms with van der Waals surface area (Å²) >= 11 is 0. The van der Waals surface area contributed by atoms with Gasteiger partial charge < -0.3 is 14.8 Å². The molecule has 6 heteroatoms. The predicted molar refractivity (Wildman–Crippen MR) is 94.5 cm³/mol. The molecule has 1 unspecified atom stereocenters. The van der Waals surface area contributed by atoms with Crippen molar-refractivity contribution in [3.63, 3.8) is 0 Å². The van der Waals surface area contributed by atoms with Crippen LogP contribution in [0.5, 0.6) is 5.75 Å². The molecule has 1 fully saturated rings. The SMILES string of the molecule is Cc1nnc(NCc2cccc(OCC3CCCO3)c2)c(C#N)c1C. The van der Waals surface area contributed by atoms with Gasteiger partial charge in [-0.05, 0) is 49.9 Å². The Morgan fingerprint density at radius 2 is 2.24 bits per heavy atom. The van der Waals surface area contributed by atoms with Gasteiger partial charge in [-0.3, -0.25) is 0 Å². The molecule has 1 N–H and O–H groups in total. The molecular formula is C19H22N4O2. The number of aryl methyl sites for hydroxylation is 1. The number of ether oxygens (including phenoxy) is 2. The van der Waals surface area contributed by atoms with Crippen molar-refractivity contribution in [2.75, 3.05) is 18.5 Å². The van der Waals surface area contributed by atoms with Gasteiger partial charge in [0.25, 0.3) is 0 Å². The van der Waals surface area contributed by atoms with E-state index in [1.54, 1.807) is 0 Å². The lowest BCUT2D eigenvalue weighted by atomic mass is 10.1. The average Bonchev–Trinajstić information content (AvgIpc) is 3.15. The zero-order valence-electron chi connectivity index (χ0n) is 14.6. The number of nitriles is 1. The smallest absolute Gasteiger partial charge is 0.167 e. The molecule has 0 spiro atoms. The van der Waals surface area contributed by atoms with Gasteiger partial charge >= 0.3 is 0 Å². The maximum absolute atomic E-state index is 9.35. The fourth-order valence-electron chi connectivity index (χ4n) is 2.77. The Balaban J connectivity index is 1.63. The van der Waals surface area contributed by atoms with Gasteiger partial charge in [0.2, 0.25) is 0 Å². The van der Waals surface area contributed by atoms with E-state index in [1.807, 2.05) is 38.1 Å². The zero-order valence-corrected chi connectivity index (χ0v) is 14.6. The molecule has 1 aliphatic rings. The summed E-state index contributed by atoms with van der Waals surface area (Å²) in [4.78, 5) is 0. The molecule has 6 nitrogen and oxygen atoms in total. The molecule has 1 saturated heterocycles. The van der Waals surface area contributed by atoms with Crippen molar-refractivity contribution in [3.8, 4) is 11.8 Å². The van der Waals surface area contributed by atoms with Gasteiger partial charge in [-0.2, -0.15) is 10.4 Å². The van der Waals surface area contributed by atoms with E-state index in [1.165, 1.54) is 0 Å². The van der Waals surface area contributed by atoms with E-state index in [2.05, 4.69) is 21.6 Å². The first-order valence-electron chi connectivity index (χ1n) is 8.48. The van der Waals surface area contributed by atoms with E-state index in [-0.39, 0.29) is 6.10 Å². The minimum Gasteiger partial charge on any atom is -0.491 e. The van der Waals surface area contributed by atoms with Crippen LogP contribution < -0.4 is 10.1 Å². The Morgan fingerprint density at radius 1 is 1.36 bits per heavy atom. The lowest BCUT2D eigenvalue weighted by Crippen LogP contribution is -2.16. The molecule has 1 aliphatic heterocycles. The summed E-state index contributed by atoms with van der Waals surface area (Å²) in [5.74, 6) is 1.33. The van der Waals surface area contributed by atoms with Crippen molar-refractivity contribution >= 4 is 5.82 Å². The Bertz CT molecular complexity index is 779. The van der Waals surface area contributed by atoms with Crippen molar-refractivity contribution in [1.29, 1.82) is 5.26 Å². The van der Waals surface area contributed by atoms with E-state index < -0.39 is 0 Å². The van der Waals surface area contributed by atoms with Crippen molar-refractivity contribution in [2.45, 2.75) is 39.3 Å². The first-order chi connectivity index (χ1) is 12.2. The fourth-order valence-corrected chi connectivity index (χ4v) is 2.77. The molecule has 0 aliphatic carbocycles. The first kappa shape index (κ1) is 17.2. The summed E-state index contributed by atoms with van der Waals surface area (Å²) in [6, 6.07) is 10.1. The fraction of sp³-hybridized carbons (Fsp3) is 0.421. The summed E-state index contributed by atoms with van der Waals surface area (Å²) in [7, 11) is 0. The molecule has 25 heavy (non-hydrogen) atoms. The lowest BCUT2D eigenvalue weighted by molar-refractivity contribution is 0.0679. The Morgan fingerprint density at radius 3 is 3.00 bits per heavy atom. The van der Waals surface area contributed by atoms with Gasteiger partial charge in [0.1, 0.15) is 24.0 Å². The predicted octanol–water partition coefficient (Wildman–Crippen LogP) is 3.14. The van der Waals surface area contributed by atoms with E-state index in [0.29, 0.717) is 24.5 Å². The molecule has 2 aromatic rings. The number of aromatic nitrogens is 2. The third-order valence-corrected chi connectivity index (χ3v) is 4.38. The molecule has 1 aromatic carbocycles. The van der Waals surface area contributed by atoms with E-state index in [9.17, 15) is 5.26 Å². The quantitative estimate of drug-likeness (QED) is 0.871. The number of nitrogens with one attached hydrogen (secondary N) is 1. The highest BCUT2D eigenvalue weighted by molar-refractivity contribution is 5.56. The van der Waals surface area contributed by atoms with Crippen LogP contribution in [0.15, 0.2) is 24.3 Å². The Kier molecular flexibility index (Phi) is 5.46. The lowest BCUT2D eigenvalue weighted by Gasteiger charge is -2.13. The highest BCUT2D eigenvalue weighted by Crippen LogP contribution is 2.20. The van der Waals surface area contributed by atoms with Gasteiger partial charge in [-0.25, -0.2) is 0 Å². The third-order valence-electron chi connectivity index (χ3n) is 4.38. The van der Waals surface area contributed by atoms with Crippen molar-refractivity contribution in [3.05, 3.63) is 46.6 Å². The largest absolute Gasteiger partial charge is 0.491 e. The van der Waals surface area contributed by atoms with Crippen LogP contribution in [0.25, 0.3) is 0 Å². The maximum atomic E-state index is 9.35. The molecule has 0 amide bonds. The van der Waals surface area contributed by atoms with Crippen molar-refractivity contribution < 1.29 is 9.47 Å². The molecule has 0 saturated carbocycles. The number of rotatable bonds is 6. The van der Waals surface area contributed by atoms with Crippen molar-refractivity contribution in [1.82, 2.24) is 10.2 Å². The minimum atomic E-state index is 0.200. The number of anilines is 1. The Hall–Kier alpha value is -2.65. The number of benzene rings is 1. The van der Waals surface area contributed by atoms with Crippen LogP contribution in [0.4, 0.5) is 5.82 Å². The van der Waals surface area contributed by atoms with Crippen LogP contribution in [0.3, 0.4) is 0 Å². The molecular weight excluding hydrogens is 316 g/mol. The summed E-state index contributed by atoms with van der Waals surface area (Å²) in [5, 5.41) is 20.7. The van der Waals surface area contributed by atoms with Crippen LogP contribution in [0.1, 0.15) is 35.2 Å². The summed E-state index contributed by atoms with van der Waals surface area (Å²) < 4.78 is 11.4. The number of hydrogen-bond acceptors (Lipinski definition) is 6. The third kappa shape index (κ3) is 4.25. The monoisotopic (exact) mass is 338 g/mol. The Labute approximate surface area is 147 Å². The molecule has 1 atom stereocenters. The van der Waals surface area contributed by atoms with Crippen LogP contribution in [0, 0.1) is 25.2 Å². The average molecular weight is 338 g/mol. The molecule has 0 radical (unpaired) electrons. The van der Waals surface area contributed by atoms with Crippen LogP contribution >= 0.6 is 0 Å². The van der Waals surface area contributed by atoms with Gasteiger partial charge in [0, 0.05) is 13.2 Å². The van der Waals surface area contributed by atoms with E-state index in [4.69, 9.17) is 9.47 Å². The van der Waals surface area contributed by atoms with Gasteiger partial charge in [-0.15, -0.1) is 5.10 Å². The second-order valence-corrected chi connectivity index (χ2v) is 6.19. The van der Waals surface area contributed by atoms with E-state index >= 15 is 0 Å². The molecule has 0 bridgehead atoms. The second kappa shape index (κ2) is 7.95. The van der Waals surface area contributed by atoms with Gasteiger partial charge in [-0.1, -0.05) is 12.1 Å². The molecule has 3 rings (SSSR count). The zero-order chi connectivity index (χ0) is 17.6. The standard InChI is InChI=1S/C19H22N4O2/c1-13-14(2)22-23-19(18(13)10-20)21-11-15-5-3-6-16(9-15)25-12-17-7-4-8-24-17/h3,5-6,9,17H,4,7-8,11-12H2,1-2H3,(H,21,23). The highest BCUT2D eigenvalue weighted by atomic mass is 16.5. The molecule has 2 heterocycles. The maximum Gasteiger partial charge on any atom is 0.167 e. The van der Waals surface area contributed by atoms with Crippen LogP contribution in [-0.4, -0.2) is 29.5 Å². The van der Waals surface area contributed by atoms with E-state index in [0.717, 1.165) is 42.0 Å². The topological polar surface area (TPSA) is 80.1 Å². The van der Waals surface area contributed by atoms with Gasteiger partial charge in [0.05, 0.1) is 11.8 Å². The number of nitrogens with zero attached hydrogens (tertiary/aromatic N) is 3. The second-order valence-electron chi connectivity index (χ2n) is 6.19. The summed E-state index contributed by atoms with van der Waals surface area (Å²) in [6.45, 7) is 5.69. The van der Waals surface area contributed by atoms with Crippen LogP contribution in [0.2, 0.25) is 0 Å².